The van der Waals surface area contributed by atoms with E-state index in [0.29, 0.717) is 31.1 Å². The molecule has 1 saturated heterocycles. The Hall–Kier alpha value is -0.690. The van der Waals surface area contributed by atoms with Gasteiger partial charge >= 0.3 is 0 Å². The third kappa shape index (κ3) is 4.16. The molecule has 1 aliphatic rings. The molecular formula is C14H22ClFN2O2S. The Kier molecular flexibility index (Phi) is 6.59. The summed E-state index contributed by atoms with van der Waals surface area (Å²) < 4.78 is 40.1. The highest BCUT2D eigenvalue weighted by molar-refractivity contribution is 7.89. The highest BCUT2D eigenvalue weighted by Gasteiger charge is 2.30. The molecule has 1 aromatic carbocycles. The summed E-state index contributed by atoms with van der Waals surface area (Å²) >= 11 is 0. The highest BCUT2D eigenvalue weighted by atomic mass is 35.5. The molecular weight excluding hydrogens is 315 g/mol. The lowest BCUT2D eigenvalue weighted by molar-refractivity contribution is 0.258. The molecule has 1 aliphatic heterocycles. The number of nitrogens with two attached hydrogens (primary N) is 1. The van der Waals surface area contributed by atoms with E-state index < -0.39 is 15.8 Å². The summed E-state index contributed by atoms with van der Waals surface area (Å²) in [6.45, 7) is 3.16. The van der Waals surface area contributed by atoms with Crippen LogP contribution in [0.1, 0.15) is 24.8 Å². The zero-order valence-corrected chi connectivity index (χ0v) is 13.7. The van der Waals surface area contributed by atoms with Gasteiger partial charge in [-0.05, 0) is 56.3 Å². The van der Waals surface area contributed by atoms with Crippen molar-refractivity contribution >= 4 is 22.4 Å². The minimum Gasteiger partial charge on any atom is -0.330 e. The summed E-state index contributed by atoms with van der Waals surface area (Å²) in [6, 6.07) is 4.08. The predicted molar refractivity (Wildman–Crippen MR) is 83.5 cm³/mol. The van der Waals surface area contributed by atoms with Crippen LogP contribution in [0.25, 0.3) is 0 Å². The van der Waals surface area contributed by atoms with Crippen molar-refractivity contribution in [2.45, 2.75) is 31.1 Å². The number of aryl methyl sites for hydroxylation is 1. The minimum absolute atomic E-state index is 0. The maximum absolute atomic E-state index is 13.6. The van der Waals surface area contributed by atoms with E-state index in [1.54, 1.807) is 6.92 Å². The van der Waals surface area contributed by atoms with Crippen LogP contribution in [0, 0.1) is 18.7 Å². The van der Waals surface area contributed by atoms with Crippen LogP contribution in [0.15, 0.2) is 23.1 Å². The van der Waals surface area contributed by atoms with Gasteiger partial charge in [0, 0.05) is 13.1 Å². The van der Waals surface area contributed by atoms with Crippen molar-refractivity contribution in [3.05, 3.63) is 29.6 Å². The average molecular weight is 337 g/mol. The Morgan fingerprint density at radius 3 is 2.76 bits per heavy atom. The lowest BCUT2D eigenvalue weighted by Gasteiger charge is -2.31. The molecule has 1 fully saturated rings. The molecule has 0 aromatic heterocycles. The Balaban J connectivity index is 0.00000220. The molecule has 0 radical (unpaired) electrons. The second-order valence-corrected chi connectivity index (χ2v) is 7.30. The molecule has 0 bridgehead atoms. The van der Waals surface area contributed by atoms with Crippen molar-refractivity contribution in [3.8, 4) is 0 Å². The highest BCUT2D eigenvalue weighted by Crippen LogP contribution is 2.26. The van der Waals surface area contributed by atoms with Crippen molar-refractivity contribution in [2.75, 3.05) is 19.6 Å². The zero-order valence-electron chi connectivity index (χ0n) is 12.1. The molecule has 2 rings (SSSR count). The Labute approximate surface area is 132 Å². The number of benzene rings is 1. The van der Waals surface area contributed by atoms with Crippen LogP contribution < -0.4 is 5.73 Å². The van der Waals surface area contributed by atoms with Gasteiger partial charge in [0.05, 0.1) is 4.90 Å². The summed E-state index contributed by atoms with van der Waals surface area (Å²) in [5, 5.41) is 0. The van der Waals surface area contributed by atoms with Crippen LogP contribution in [0.2, 0.25) is 0 Å². The Bertz CT molecular complexity index is 578. The van der Waals surface area contributed by atoms with E-state index in [4.69, 9.17) is 5.73 Å². The fourth-order valence-electron chi connectivity index (χ4n) is 2.60. The van der Waals surface area contributed by atoms with Crippen LogP contribution in [-0.4, -0.2) is 32.4 Å². The normalized spacial score (nSPS) is 20.0. The third-order valence-electron chi connectivity index (χ3n) is 3.84. The lowest BCUT2D eigenvalue weighted by atomic mass is 9.96. The molecule has 1 heterocycles. The molecule has 1 unspecified atom stereocenters. The Morgan fingerprint density at radius 2 is 2.14 bits per heavy atom. The lowest BCUT2D eigenvalue weighted by Crippen LogP contribution is -2.40. The number of halogens is 2. The first-order chi connectivity index (χ1) is 9.45. The minimum atomic E-state index is -3.60. The van der Waals surface area contributed by atoms with Gasteiger partial charge in [-0.3, -0.25) is 0 Å². The first-order valence-corrected chi connectivity index (χ1v) is 8.35. The number of hydrogen-bond acceptors (Lipinski definition) is 3. The SMILES string of the molecule is Cc1ccc(S(=O)(=O)N2CCCC(CCN)C2)cc1F.Cl. The van der Waals surface area contributed by atoms with Gasteiger partial charge in [0.1, 0.15) is 5.82 Å². The molecule has 0 saturated carbocycles. The second kappa shape index (κ2) is 7.54. The van der Waals surface area contributed by atoms with E-state index in [1.165, 1.54) is 16.4 Å². The topological polar surface area (TPSA) is 63.4 Å². The van der Waals surface area contributed by atoms with Gasteiger partial charge in [0.25, 0.3) is 0 Å². The smallest absolute Gasteiger partial charge is 0.243 e. The van der Waals surface area contributed by atoms with Crippen molar-refractivity contribution in [2.24, 2.45) is 11.7 Å². The number of hydrogen-bond donors (Lipinski definition) is 1. The van der Waals surface area contributed by atoms with Gasteiger partial charge in [-0.25, -0.2) is 12.8 Å². The Morgan fingerprint density at radius 1 is 1.43 bits per heavy atom. The van der Waals surface area contributed by atoms with Gasteiger partial charge in [-0.2, -0.15) is 4.31 Å². The zero-order chi connectivity index (χ0) is 14.8. The van der Waals surface area contributed by atoms with Gasteiger partial charge < -0.3 is 5.73 Å². The summed E-state index contributed by atoms with van der Waals surface area (Å²) in [5.74, 6) is -0.180. The van der Waals surface area contributed by atoms with E-state index >= 15 is 0 Å². The fraction of sp³-hybridized carbons (Fsp3) is 0.571. The average Bonchev–Trinajstić information content (AvgIpc) is 2.42. The predicted octanol–water partition coefficient (Wildman–Crippen LogP) is 2.31. The van der Waals surface area contributed by atoms with Gasteiger partial charge in [-0.1, -0.05) is 6.07 Å². The number of sulfonamides is 1. The van der Waals surface area contributed by atoms with Crippen molar-refractivity contribution < 1.29 is 12.8 Å². The molecule has 1 atom stereocenters. The quantitative estimate of drug-likeness (QED) is 0.917. The van der Waals surface area contributed by atoms with Crippen LogP contribution >= 0.6 is 12.4 Å². The number of rotatable bonds is 4. The molecule has 120 valence electrons. The third-order valence-corrected chi connectivity index (χ3v) is 5.70. The fourth-order valence-corrected chi connectivity index (χ4v) is 4.17. The van der Waals surface area contributed by atoms with E-state index in [-0.39, 0.29) is 17.3 Å². The molecule has 4 nitrogen and oxygen atoms in total. The van der Waals surface area contributed by atoms with Crippen molar-refractivity contribution in [1.29, 1.82) is 0 Å². The largest absolute Gasteiger partial charge is 0.330 e. The molecule has 0 aliphatic carbocycles. The van der Waals surface area contributed by atoms with Crippen LogP contribution in [0.3, 0.4) is 0 Å². The summed E-state index contributed by atoms with van der Waals surface area (Å²) in [5.41, 5.74) is 5.99. The first kappa shape index (κ1) is 18.4. The maximum atomic E-state index is 13.6. The summed E-state index contributed by atoms with van der Waals surface area (Å²) in [6.07, 6.45) is 2.66. The van der Waals surface area contributed by atoms with E-state index in [1.807, 2.05) is 0 Å². The molecule has 2 N–H and O–H groups in total. The summed E-state index contributed by atoms with van der Waals surface area (Å²) in [7, 11) is -3.60. The van der Waals surface area contributed by atoms with Crippen LogP contribution in [0.5, 0.6) is 0 Å². The van der Waals surface area contributed by atoms with Crippen molar-refractivity contribution in [3.63, 3.8) is 0 Å². The van der Waals surface area contributed by atoms with Crippen LogP contribution in [0.4, 0.5) is 4.39 Å². The van der Waals surface area contributed by atoms with E-state index in [9.17, 15) is 12.8 Å². The molecule has 0 amide bonds. The molecule has 21 heavy (non-hydrogen) atoms. The molecule has 1 aromatic rings. The van der Waals surface area contributed by atoms with E-state index in [2.05, 4.69) is 0 Å². The van der Waals surface area contributed by atoms with Crippen LogP contribution in [-0.2, 0) is 10.0 Å². The second-order valence-electron chi connectivity index (χ2n) is 5.36. The van der Waals surface area contributed by atoms with Gasteiger partial charge in [0.15, 0.2) is 0 Å². The monoisotopic (exact) mass is 336 g/mol. The molecule has 0 spiro atoms. The van der Waals surface area contributed by atoms with Gasteiger partial charge in [0.2, 0.25) is 10.0 Å². The first-order valence-electron chi connectivity index (χ1n) is 6.91. The number of nitrogens with zero attached hydrogens (tertiary/aromatic N) is 1. The van der Waals surface area contributed by atoms with Gasteiger partial charge in [-0.15, -0.1) is 12.4 Å². The summed E-state index contributed by atoms with van der Waals surface area (Å²) in [4.78, 5) is 0.0361. The maximum Gasteiger partial charge on any atom is 0.243 e. The van der Waals surface area contributed by atoms with E-state index in [0.717, 1.165) is 25.3 Å². The molecule has 7 heteroatoms. The standard InChI is InChI=1S/C14H21FN2O2S.ClH/c1-11-4-5-13(9-14(11)15)20(18,19)17-8-2-3-12(10-17)6-7-16;/h4-5,9,12H,2-3,6-8,10,16H2,1H3;1H. The van der Waals surface area contributed by atoms with Crippen molar-refractivity contribution in [1.82, 2.24) is 4.31 Å². The number of piperidine rings is 1.